The van der Waals surface area contributed by atoms with Gasteiger partial charge in [0.2, 0.25) is 0 Å². The van der Waals surface area contributed by atoms with Crippen LogP contribution in [0.5, 0.6) is 0 Å². The average Bonchev–Trinajstić information content (AvgIpc) is 3.74. The maximum Gasteiger partial charge on any atom is 0.166 e. The zero-order chi connectivity index (χ0) is 33.0. The number of fused-ring (bicyclic) bond motifs is 6. The molecule has 0 amide bonds. The first-order valence-electron chi connectivity index (χ1n) is 16.6. The molecule has 0 bridgehead atoms. The SMILES string of the molecule is c1ccc(-c2nc(-c3ccccc3-c3cccc4c3oc3cnccc34)nc(-c3ccccc3-n3c4ccccc4c4ccccc43)n2)cc1. The summed E-state index contributed by atoms with van der Waals surface area (Å²) >= 11 is 0. The molecule has 0 spiro atoms. The van der Waals surface area contributed by atoms with E-state index in [1.165, 1.54) is 10.8 Å². The maximum absolute atomic E-state index is 6.42. The van der Waals surface area contributed by atoms with Gasteiger partial charge in [0, 0.05) is 50.0 Å². The van der Waals surface area contributed by atoms with Crippen LogP contribution >= 0.6 is 0 Å². The molecule has 4 aromatic heterocycles. The smallest absolute Gasteiger partial charge is 0.166 e. The Labute approximate surface area is 287 Å². The minimum Gasteiger partial charge on any atom is -0.454 e. The Morgan fingerprint density at radius 3 is 1.78 bits per heavy atom. The van der Waals surface area contributed by atoms with Gasteiger partial charge < -0.3 is 8.98 Å². The number of furan rings is 1. The van der Waals surface area contributed by atoms with Crippen LogP contribution in [0.25, 0.3) is 94.7 Å². The molecule has 6 aromatic carbocycles. The molecule has 0 fully saturated rings. The number of aromatic nitrogens is 5. The topological polar surface area (TPSA) is 69.6 Å². The summed E-state index contributed by atoms with van der Waals surface area (Å²) in [6.45, 7) is 0. The summed E-state index contributed by atoms with van der Waals surface area (Å²) in [5.74, 6) is 1.77. The van der Waals surface area contributed by atoms with Crippen molar-refractivity contribution in [1.29, 1.82) is 0 Å². The second kappa shape index (κ2) is 11.4. The van der Waals surface area contributed by atoms with Gasteiger partial charge in [-0.25, -0.2) is 15.0 Å². The molecule has 10 rings (SSSR count). The van der Waals surface area contributed by atoms with Crippen molar-refractivity contribution < 1.29 is 4.42 Å². The highest BCUT2D eigenvalue weighted by molar-refractivity contribution is 6.11. The highest BCUT2D eigenvalue weighted by Crippen LogP contribution is 2.40. The lowest BCUT2D eigenvalue weighted by Gasteiger charge is -2.15. The van der Waals surface area contributed by atoms with Gasteiger partial charge >= 0.3 is 0 Å². The highest BCUT2D eigenvalue weighted by Gasteiger charge is 2.21. The van der Waals surface area contributed by atoms with E-state index in [-0.39, 0.29) is 0 Å². The molecule has 10 aromatic rings. The van der Waals surface area contributed by atoms with Crippen LogP contribution in [-0.4, -0.2) is 24.5 Å². The lowest BCUT2D eigenvalue weighted by atomic mass is 9.97. The van der Waals surface area contributed by atoms with Crippen LogP contribution in [-0.2, 0) is 0 Å². The largest absolute Gasteiger partial charge is 0.454 e. The van der Waals surface area contributed by atoms with Crippen molar-refractivity contribution >= 4 is 43.7 Å². The normalized spacial score (nSPS) is 11.6. The predicted molar refractivity (Wildman–Crippen MR) is 201 cm³/mol. The van der Waals surface area contributed by atoms with Gasteiger partial charge in [0.05, 0.1) is 22.9 Å². The minimum absolute atomic E-state index is 0.580. The van der Waals surface area contributed by atoms with Crippen LogP contribution in [0, 0.1) is 0 Å². The second-order valence-electron chi connectivity index (χ2n) is 12.3. The van der Waals surface area contributed by atoms with Crippen molar-refractivity contribution in [1.82, 2.24) is 24.5 Å². The summed E-state index contributed by atoms with van der Waals surface area (Å²) in [6, 6.07) is 52.0. The third-order valence-electron chi connectivity index (χ3n) is 9.39. The molecule has 234 valence electrons. The second-order valence-corrected chi connectivity index (χ2v) is 12.3. The quantitative estimate of drug-likeness (QED) is 0.187. The van der Waals surface area contributed by atoms with E-state index < -0.39 is 0 Å². The fourth-order valence-corrected chi connectivity index (χ4v) is 7.15. The van der Waals surface area contributed by atoms with Crippen LogP contribution in [0.2, 0.25) is 0 Å². The number of benzene rings is 6. The fourth-order valence-electron chi connectivity index (χ4n) is 7.15. The molecule has 0 saturated carbocycles. The van der Waals surface area contributed by atoms with Gasteiger partial charge in [-0.15, -0.1) is 0 Å². The molecule has 0 aliphatic rings. The molecular weight excluding hydrogens is 615 g/mol. The molecule has 0 aliphatic heterocycles. The minimum atomic E-state index is 0.580. The summed E-state index contributed by atoms with van der Waals surface area (Å²) in [5, 5.41) is 4.47. The molecule has 0 atom stereocenters. The number of rotatable bonds is 5. The number of pyridine rings is 1. The Balaban J connectivity index is 1.23. The van der Waals surface area contributed by atoms with Crippen LogP contribution < -0.4 is 0 Å². The first-order chi connectivity index (χ1) is 24.8. The zero-order valence-electron chi connectivity index (χ0n) is 26.7. The van der Waals surface area contributed by atoms with Gasteiger partial charge in [-0.2, -0.15) is 0 Å². The molecule has 50 heavy (non-hydrogen) atoms. The van der Waals surface area contributed by atoms with Crippen molar-refractivity contribution in [3.63, 3.8) is 0 Å². The molecule has 0 saturated heterocycles. The summed E-state index contributed by atoms with van der Waals surface area (Å²) in [6.07, 6.45) is 3.57. The van der Waals surface area contributed by atoms with E-state index in [2.05, 4.69) is 107 Å². The first-order valence-corrected chi connectivity index (χ1v) is 16.6. The van der Waals surface area contributed by atoms with Crippen LogP contribution in [0.4, 0.5) is 0 Å². The third-order valence-corrected chi connectivity index (χ3v) is 9.39. The maximum atomic E-state index is 6.42. The number of hydrogen-bond donors (Lipinski definition) is 0. The summed E-state index contributed by atoms with van der Waals surface area (Å²) < 4.78 is 8.74. The van der Waals surface area contributed by atoms with E-state index in [4.69, 9.17) is 19.4 Å². The van der Waals surface area contributed by atoms with Gasteiger partial charge in [0.15, 0.2) is 23.1 Å². The first kappa shape index (κ1) is 28.1. The summed E-state index contributed by atoms with van der Waals surface area (Å²) in [5.41, 5.74) is 9.43. The number of para-hydroxylation sites is 4. The lowest BCUT2D eigenvalue weighted by molar-refractivity contribution is 0.668. The van der Waals surface area contributed by atoms with Gasteiger partial charge in [0.25, 0.3) is 0 Å². The Morgan fingerprint density at radius 2 is 1.00 bits per heavy atom. The van der Waals surface area contributed by atoms with Crippen molar-refractivity contribution in [2.24, 2.45) is 0 Å². The molecule has 0 aliphatic carbocycles. The molecule has 0 unspecified atom stereocenters. The van der Waals surface area contributed by atoms with E-state index in [0.29, 0.717) is 17.5 Å². The van der Waals surface area contributed by atoms with Crippen molar-refractivity contribution in [3.05, 3.63) is 164 Å². The van der Waals surface area contributed by atoms with Gasteiger partial charge in [-0.1, -0.05) is 121 Å². The highest BCUT2D eigenvalue weighted by atomic mass is 16.3. The van der Waals surface area contributed by atoms with Gasteiger partial charge in [-0.05, 0) is 35.9 Å². The molecule has 4 heterocycles. The van der Waals surface area contributed by atoms with Gasteiger partial charge in [0.1, 0.15) is 5.58 Å². The molecule has 6 nitrogen and oxygen atoms in total. The van der Waals surface area contributed by atoms with E-state index >= 15 is 0 Å². The van der Waals surface area contributed by atoms with E-state index in [0.717, 1.165) is 66.5 Å². The predicted octanol–water partition coefficient (Wildman–Crippen LogP) is 10.9. The Morgan fingerprint density at radius 1 is 0.420 bits per heavy atom. The van der Waals surface area contributed by atoms with Crippen molar-refractivity contribution in [3.8, 4) is 51.0 Å². The van der Waals surface area contributed by atoms with E-state index in [9.17, 15) is 0 Å². The lowest BCUT2D eigenvalue weighted by Crippen LogP contribution is -2.04. The number of hydrogen-bond acceptors (Lipinski definition) is 5. The Bertz CT molecular complexity index is 2840. The van der Waals surface area contributed by atoms with Crippen LogP contribution in [0.3, 0.4) is 0 Å². The molecule has 6 heteroatoms. The fraction of sp³-hybridized carbons (Fsp3) is 0. The van der Waals surface area contributed by atoms with Gasteiger partial charge in [-0.3, -0.25) is 4.98 Å². The van der Waals surface area contributed by atoms with Crippen LogP contribution in [0.1, 0.15) is 0 Å². The van der Waals surface area contributed by atoms with E-state index in [1.54, 1.807) is 12.4 Å². The Hall–Kier alpha value is -6.92. The standard InChI is InChI=1S/C44H27N5O/c1-2-13-28(14-3-1)42-46-43(35-18-5-4-15-29(35)33-20-12-21-34-32-25-26-45-27-40(32)50-41(33)34)48-44(47-42)36-19-8-11-24-39(36)49-37-22-9-6-16-30(37)31-17-7-10-23-38(31)49/h1-27H. The Kier molecular flexibility index (Phi) is 6.39. The zero-order valence-corrected chi connectivity index (χ0v) is 26.7. The monoisotopic (exact) mass is 641 g/mol. The number of nitrogens with zero attached hydrogens (tertiary/aromatic N) is 5. The van der Waals surface area contributed by atoms with E-state index in [1.807, 2.05) is 54.6 Å². The summed E-state index contributed by atoms with van der Waals surface area (Å²) in [7, 11) is 0. The van der Waals surface area contributed by atoms with Crippen molar-refractivity contribution in [2.75, 3.05) is 0 Å². The summed E-state index contributed by atoms with van der Waals surface area (Å²) in [4.78, 5) is 19.8. The third kappa shape index (κ3) is 4.43. The van der Waals surface area contributed by atoms with Crippen LogP contribution in [0.15, 0.2) is 168 Å². The molecule has 0 radical (unpaired) electrons. The molecule has 0 N–H and O–H groups in total. The average molecular weight is 642 g/mol. The molecular formula is C44H27N5O. The van der Waals surface area contributed by atoms with Crippen molar-refractivity contribution in [2.45, 2.75) is 0 Å².